The molecular weight excluding hydrogens is 301 g/mol. The van der Waals surface area contributed by atoms with Gasteiger partial charge in [0.1, 0.15) is 5.03 Å². The van der Waals surface area contributed by atoms with E-state index in [1.165, 1.54) is 11.8 Å². The Morgan fingerprint density at radius 3 is 2.63 bits per heavy atom. The fourth-order valence-corrected chi connectivity index (χ4v) is 3.09. The Balaban J connectivity index is 2.43. The van der Waals surface area contributed by atoms with Crippen LogP contribution in [0, 0.1) is 13.8 Å². The lowest BCUT2D eigenvalue weighted by Crippen LogP contribution is -2.06. The van der Waals surface area contributed by atoms with Gasteiger partial charge in [0.2, 0.25) is 0 Å². The number of aromatic nitrogens is 2. The topological polar surface area (TPSA) is 51.8 Å². The fourth-order valence-electron chi connectivity index (χ4n) is 1.62. The SMILES string of the molecule is Cc1nnc(Sc2cc(Cl)ccc2Cl)c(CN)c1C. The number of benzene rings is 1. The molecule has 0 unspecified atom stereocenters. The Kier molecular flexibility index (Phi) is 4.68. The molecular formula is C13H13Cl2N3S. The summed E-state index contributed by atoms with van der Waals surface area (Å²) in [7, 11) is 0. The summed E-state index contributed by atoms with van der Waals surface area (Å²) in [5, 5.41) is 10.4. The maximum atomic E-state index is 6.15. The second kappa shape index (κ2) is 6.09. The summed E-state index contributed by atoms with van der Waals surface area (Å²) in [6, 6.07) is 5.33. The largest absolute Gasteiger partial charge is 0.326 e. The van der Waals surface area contributed by atoms with Crippen LogP contribution in [0.5, 0.6) is 0 Å². The minimum Gasteiger partial charge on any atom is -0.326 e. The van der Waals surface area contributed by atoms with Crippen molar-refractivity contribution >= 4 is 35.0 Å². The third kappa shape index (κ3) is 3.20. The highest BCUT2D eigenvalue weighted by molar-refractivity contribution is 7.99. The Morgan fingerprint density at radius 1 is 1.21 bits per heavy atom. The van der Waals surface area contributed by atoms with E-state index < -0.39 is 0 Å². The molecule has 0 aliphatic rings. The van der Waals surface area contributed by atoms with Crippen LogP contribution in [0.4, 0.5) is 0 Å². The highest BCUT2D eigenvalue weighted by atomic mass is 35.5. The minimum atomic E-state index is 0.419. The summed E-state index contributed by atoms with van der Waals surface area (Å²) < 4.78 is 0. The molecule has 1 heterocycles. The summed E-state index contributed by atoms with van der Waals surface area (Å²) in [5.41, 5.74) is 8.75. The van der Waals surface area contributed by atoms with Crippen molar-refractivity contribution in [1.29, 1.82) is 0 Å². The zero-order valence-corrected chi connectivity index (χ0v) is 12.9. The first-order valence-corrected chi connectivity index (χ1v) is 7.26. The van der Waals surface area contributed by atoms with E-state index in [2.05, 4.69) is 10.2 Å². The van der Waals surface area contributed by atoms with Crippen LogP contribution in [-0.4, -0.2) is 10.2 Å². The maximum absolute atomic E-state index is 6.15. The average Bonchev–Trinajstić information content (AvgIpc) is 2.38. The lowest BCUT2D eigenvalue weighted by atomic mass is 10.1. The molecule has 6 heteroatoms. The van der Waals surface area contributed by atoms with Gasteiger partial charge in [-0.3, -0.25) is 0 Å². The lowest BCUT2D eigenvalue weighted by molar-refractivity contribution is 0.825. The van der Waals surface area contributed by atoms with E-state index in [1.54, 1.807) is 12.1 Å². The molecule has 2 aromatic rings. The zero-order valence-electron chi connectivity index (χ0n) is 10.6. The number of aryl methyl sites for hydroxylation is 1. The Bertz CT molecular complexity index is 617. The molecule has 0 saturated heterocycles. The molecule has 2 N–H and O–H groups in total. The van der Waals surface area contributed by atoms with Crippen molar-refractivity contribution in [1.82, 2.24) is 10.2 Å². The van der Waals surface area contributed by atoms with Crippen molar-refractivity contribution in [2.45, 2.75) is 30.3 Å². The highest BCUT2D eigenvalue weighted by Gasteiger charge is 2.13. The molecule has 100 valence electrons. The Morgan fingerprint density at radius 2 is 1.95 bits per heavy atom. The second-order valence-corrected chi connectivity index (χ2v) is 5.95. The molecule has 0 bridgehead atoms. The molecule has 0 spiro atoms. The Hall–Kier alpha value is -0.810. The van der Waals surface area contributed by atoms with Crippen LogP contribution in [0.1, 0.15) is 16.8 Å². The molecule has 0 aliphatic carbocycles. The van der Waals surface area contributed by atoms with Crippen molar-refractivity contribution in [3.8, 4) is 0 Å². The van der Waals surface area contributed by atoms with E-state index in [9.17, 15) is 0 Å². The summed E-state index contributed by atoms with van der Waals surface area (Å²) >= 11 is 13.6. The van der Waals surface area contributed by atoms with Crippen LogP contribution >= 0.6 is 35.0 Å². The minimum absolute atomic E-state index is 0.419. The van der Waals surface area contributed by atoms with Gasteiger partial charge in [-0.15, -0.1) is 5.10 Å². The zero-order chi connectivity index (χ0) is 14.0. The molecule has 0 amide bonds. The van der Waals surface area contributed by atoms with Crippen LogP contribution in [0.25, 0.3) is 0 Å². The molecule has 3 nitrogen and oxygen atoms in total. The predicted octanol–water partition coefficient (Wildman–Crippen LogP) is 4.01. The van der Waals surface area contributed by atoms with Crippen molar-refractivity contribution in [2.24, 2.45) is 5.73 Å². The van der Waals surface area contributed by atoms with E-state index in [0.717, 1.165) is 26.7 Å². The number of nitrogens with zero attached hydrogens (tertiary/aromatic N) is 2. The molecule has 1 aromatic heterocycles. The van der Waals surface area contributed by atoms with E-state index in [0.29, 0.717) is 16.6 Å². The van der Waals surface area contributed by atoms with Crippen molar-refractivity contribution in [3.05, 3.63) is 45.1 Å². The molecule has 19 heavy (non-hydrogen) atoms. The number of hydrogen-bond acceptors (Lipinski definition) is 4. The van der Waals surface area contributed by atoms with Gasteiger partial charge >= 0.3 is 0 Å². The molecule has 0 saturated carbocycles. The van der Waals surface area contributed by atoms with Crippen LogP contribution in [0.15, 0.2) is 28.1 Å². The predicted molar refractivity (Wildman–Crippen MR) is 80.0 cm³/mol. The van der Waals surface area contributed by atoms with Gasteiger partial charge in [-0.2, -0.15) is 5.10 Å². The summed E-state index contributed by atoms with van der Waals surface area (Å²) in [6.07, 6.45) is 0. The fraction of sp³-hybridized carbons (Fsp3) is 0.231. The normalized spacial score (nSPS) is 10.8. The lowest BCUT2D eigenvalue weighted by Gasteiger charge is -2.11. The maximum Gasteiger partial charge on any atom is 0.128 e. The summed E-state index contributed by atoms with van der Waals surface area (Å²) in [6.45, 7) is 4.33. The molecule has 0 radical (unpaired) electrons. The molecule has 1 aromatic carbocycles. The van der Waals surface area contributed by atoms with E-state index in [1.807, 2.05) is 19.9 Å². The van der Waals surface area contributed by atoms with Gasteiger partial charge in [0.25, 0.3) is 0 Å². The highest BCUT2D eigenvalue weighted by Crippen LogP contribution is 2.36. The van der Waals surface area contributed by atoms with Gasteiger partial charge in [0.15, 0.2) is 0 Å². The van der Waals surface area contributed by atoms with Crippen molar-refractivity contribution in [2.75, 3.05) is 0 Å². The molecule has 0 atom stereocenters. The number of nitrogens with two attached hydrogens (primary N) is 1. The third-order valence-corrected chi connectivity index (χ3v) is 4.60. The van der Waals surface area contributed by atoms with E-state index in [-0.39, 0.29) is 0 Å². The van der Waals surface area contributed by atoms with E-state index in [4.69, 9.17) is 28.9 Å². The van der Waals surface area contributed by atoms with Gasteiger partial charge < -0.3 is 5.73 Å². The van der Waals surface area contributed by atoms with Crippen LogP contribution in [0.2, 0.25) is 10.0 Å². The Labute approximate surface area is 126 Å². The van der Waals surface area contributed by atoms with Crippen LogP contribution < -0.4 is 5.73 Å². The standard InChI is InChI=1S/C13H13Cl2N3S/c1-7-8(2)17-18-13(10(7)6-16)19-12-5-9(14)3-4-11(12)15/h3-5H,6,16H2,1-2H3. The number of halogens is 2. The summed E-state index contributed by atoms with van der Waals surface area (Å²) in [5.74, 6) is 0. The van der Waals surface area contributed by atoms with Gasteiger partial charge in [-0.25, -0.2) is 0 Å². The van der Waals surface area contributed by atoms with Crippen LogP contribution in [-0.2, 0) is 6.54 Å². The van der Waals surface area contributed by atoms with Crippen LogP contribution in [0.3, 0.4) is 0 Å². The smallest absolute Gasteiger partial charge is 0.128 e. The van der Waals surface area contributed by atoms with Crippen molar-refractivity contribution in [3.63, 3.8) is 0 Å². The van der Waals surface area contributed by atoms with Gasteiger partial charge in [0.05, 0.1) is 10.7 Å². The summed E-state index contributed by atoms with van der Waals surface area (Å²) in [4.78, 5) is 0.849. The quantitative estimate of drug-likeness (QED) is 0.930. The number of rotatable bonds is 3. The first kappa shape index (κ1) is 14.6. The molecule has 0 fully saturated rings. The van der Waals surface area contributed by atoms with Gasteiger partial charge in [-0.05, 0) is 37.6 Å². The first-order valence-electron chi connectivity index (χ1n) is 5.68. The molecule has 0 aliphatic heterocycles. The van der Waals surface area contributed by atoms with Crippen molar-refractivity contribution < 1.29 is 0 Å². The monoisotopic (exact) mass is 313 g/mol. The third-order valence-electron chi connectivity index (χ3n) is 2.85. The molecule has 2 rings (SSSR count). The first-order chi connectivity index (χ1) is 9.02. The van der Waals surface area contributed by atoms with Gasteiger partial charge in [-0.1, -0.05) is 35.0 Å². The number of hydrogen-bond donors (Lipinski definition) is 1. The second-order valence-electron chi connectivity index (χ2n) is 4.08. The van der Waals surface area contributed by atoms with E-state index >= 15 is 0 Å². The average molecular weight is 314 g/mol. The van der Waals surface area contributed by atoms with Gasteiger partial charge in [0, 0.05) is 22.0 Å².